The van der Waals surface area contributed by atoms with Crippen LogP contribution in [-0.4, -0.2) is 21.3 Å². The molecule has 1 N–H and O–H groups in total. The summed E-state index contributed by atoms with van der Waals surface area (Å²) in [5.74, 6) is 2.52. The maximum atomic E-state index is 5.46. The van der Waals surface area contributed by atoms with Crippen molar-refractivity contribution in [3.05, 3.63) is 35.8 Å². The summed E-state index contributed by atoms with van der Waals surface area (Å²) in [5.41, 5.74) is 1.18. The van der Waals surface area contributed by atoms with E-state index in [0.29, 0.717) is 5.92 Å². The molecule has 1 unspecified atom stereocenters. The van der Waals surface area contributed by atoms with Gasteiger partial charge in [0, 0.05) is 24.6 Å². The van der Waals surface area contributed by atoms with Gasteiger partial charge in [0.2, 0.25) is 0 Å². The van der Waals surface area contributed by atoms with Crippen molar-refractivity contribution in [1.29, 1.82) is 0 Å². The van der Waals surface area contributed by atoms with Gasteiger partial charge >= 0.3 is 0 Å². The lowest BCUT2D eigenvalue weighted by Gasteiger charge is -2.17. The van der Waals surface area contributed by atoms with Crippen LogP contribution in [0.1, 0.15) is 50.4 Å². The number of nitrogens with one attached hydrogen (secondary N) is 1. The first-order valence-electron chi connectivity index (χ1n) is 7.75. The third-order valence-corrected chi connectivity index (χ3v) is 3.41. The average Bonchev–Trinajstić information content (AvgIpc) is 3.03. The van der Waals surface area contributed by atoms with Crippen LogP contribution in [0.15, 0.2) is 23.1 Å². The van der Waals surface area contributed by atoms with Crippen LogP contribution in [0.5, 0.6) is 0 Å². The van der Waals surface area contributed by atoms with Crippen molar-refractivity contribution < 1.29 is 4.42 Å². The van der Waals surface area contributed by atoms with E-state index < -0.39 is 0 Å². The molecule has 21 heavy (non-hydrogen) atoms. The lowest BCUT2D eigenvalue weighted by Crippen LogP contribution is -2.25. The average molecular weight is 290 g/mol. The van der Waals surface area contributed by atoms with E-state index in [1.54, 1.807) is 6.33 Å². The monoisotopic (exact) mass is 290 g/mol. The van der Waals surface area contributed by atoms with E-state index in [9.17, 15) is 0 Å². The fourth-order valence-corrected chi connectivity index (χ4v) is 2.40. The lowest BCUT2D eigenvalue weighted by molar-refractivity contribution is 0.441. The number of aromatic nitrogens is 3. The van der Waals surface area contributed by atoms with Crippen LogP contribution in [0.4, 0.5) is 0 Å². The summed E-state index contributed by atoms with van der Waals surface area (Å²) in [6.07, 6.45) is 5.42. The Balaban J connectivity index is 2.13. The van der Waals surface area contributed by atoms with Crippen LogP contribution in [0.3, 0.4) is 0 Å². The number of rotatable bonds is 8. The second-order valence-electron chi connectivity index (χ2n) is 5.95. The van der Waals surface area contributed by atoms with Crippen LogP contribution >= 0.6 is 0 Å². The molecule has 1 atom stereocenters. The minimum atomic E-state index is 0.220. The fourth-order valence-electron chi connectivity index (χ4n) is 2.40. The minimum Gasteiger partial charge on any atom is -0.469 e. The topological polar surface area (TPSA) is 55.9 Å². The van der Waals surface area contributed by atoms with Gasteiger partial charge in [-0.1, -0.05) is 20.8 Å². The van der Waals surface area contributed by atoms with E-state index in [1.807, 2.05) is 17.9 Å². The molecule has 0 fully saturated rings. The number of furan rings is 1. The predicted octanol–water partition coefficient (Wildman–Crippen LogP) is 3.12. The standard InChI is InChI=1S/C16H26N4O/c1-5-6-17-15(14-7-13(4)21-10-14)8-16-18-11-19-20(16)9-12(2)3/h7,10-12,15,17H,5-6,8-9H2,1-4H3. The Hall–Kier alpha value is -1.62. The first kappa shape index (κ1) is 15.8. The van der Waals surface area contributed by atoms with Gasteiger partial charge < -0.3 is 9.73 Å². The van der Waals surface area contributed by atoms with Crippen LogP contribution in [-0.2, 0) is 13.0 Å². The highest BCUT2D eigenvalue weighted by molar-refractivity contribution is 5.18. The molecule has 0 amide bonds. The van der Waals surface area contributed by atoms with Gasteiger partial charge in [-0.15, -0.1) is 0 Å². The third kappa shape index (κ3) is 4.43. The molecule has 2 heterocycles. The molecular formula is C16H26N4O. The summed E-state index contributed by atoms with van der Waals surface area (Å²) in [6.45, 7) is 10.4. The Labute approximate surface area is 126 Å². The zero-order valence-corrected chi connectivity index (χ0v) is 13.5. The normalized spacial score (nSPS) is 13.0. The Morgan fingerprint density at radius 1 is 1.38 bits per heavy atom. The summed E-state index contributed by atoms with van der Waals surface area (Å²) in [4.78, 5) is 4.43. The zero-order valence-electron chi connectivity index (χ0n) is 13.5. The minimum absolute atomic E-state index is 0.220. The van der Waals surface area contributed by atoms with Crippen molar-refractivity contribution in [3.8, 4) is 0 Å². The Morgan fingerprint density at radius 2 is 2.19 bits per heavy atom. The van der Waals surface area contributed by atoms with E-state index in [-0.39, 0.29) is 6.04 Å². The second-order valence-corrected chi connectivity index (χ2v) is 5.95. The van der Waals surface area contributed by atoms with Crippen molar-refractivity contribution >= 4 is 0 Å². The van der Waals surface area contributed by atoms with Gasteiger partial charge in [0.15, 0.2) is 0 Å². The molecule has 5 nitrogen and oxygen atoms in total. The fraction of sp³-hybridized carbons (Fsp3) is 0.625. The van der Waals surface area contributed by atoms with E-state index in [1.165, 1.54) is 5.56 Å². The van der Waals surface area contributed by atoms with Crippen molar-refractivity contribution in [2.75, 3.05) is 6.54 Å². The number of hydrogen-bond acceptors (Lipinski definition) is 4. The van der Waals surface area contributed by atoms with Gasteiger partial charge in [0.1, 0.15) is 17.9 Å². The van der Waals surface area contributed by atoms with Crippen LogP contribution in [0.25, 0.3) is 0 Å². The second kappa shape index (κ2) is 7.41. The number of nitrogens with zero attached hydrogens (tertiary/aromatic N) is 3. The van der Waals surface area contributed by atoms with Crippen LogP contribution in [0, 0.1) is 12.8 Å². The molecule has 2 aromatic rings. The smallest absolute Gasteiger partial charge is 0.138 e. The third-order valence-electron chi connectivity index (χ3n) is 3.41. The van der Waals surface area contributed by atoms with E-state index in [0.717, 1.165) is 37.5 Å². The molecule has 0 aliphatic carbocycles. The summed E-state index contributed by atoms with van der Waals surface area (Å²) in [5, 5.41) is 7.92. The van der Waals surface area contributed by atoms with E-state index >= 15 is 0 Å². The summed E-state index contributed by atoms with van der Waals surface area (Å²) in [7, 11) is 0. The molecule has 0 aliphatic rings. The molecule has 0 aliphatic heterocycles. The van der Waals surface area contributed by atoms with E-state index in [4.69, 9.17) is 4.42 Å². The van der Waals surface area contributed by atoms with Crippen molar-refractivity contribution in [1.82, 2.24) is 20.1 Å². The highest BCUT2D eigenvalue weighted by Gasteiger charge is 2.17. The predicted molar refractivity (Wildman–Crippen MR) is 83.0 cm³/mol. The van der Waals surface area contributed by atoms with Gasteiger partial charge in [-0.25, -0.2) is 9.67 Å². The van der Waals surface area contributed by atoms with Crippen molar-refractivity contribution in [2.24, 2.45) is 5.92 Å². The molecule has 0 spiro atoms. The van der Waals surface area contributed by atoms with Gasteiger partial charge in [-0.3, -0.25) is 0 Å². The van der Waals surface area contributed by atoms with Gasteiger partial charge in [-0.2, -0.15) is 5.10 Å². The Morgan fingerprint density at radius 3 is 2.81 bits per heavy atom. The summed E-state index contributed by atoms with van der Waals surface area (Å²) in [6, 6.07) is 2.31. The molecule has 0 radical (unpaired) electrons. The van der Waals surface area contributed by atoms with Gasteiger partial charge in [0.25, 0.3) is 0 Å². The zero-order chi connectivity index (χ0) is 15.2. The van der Waals surface area contributed by atoms with Crippen LogP contribution in [0.2, 0.25) is 0 Å². The molecule has 5 heteroatoms. The summed E-state index contributed by atoms with van der Waals surface area (Å²) < 4.78 is 7.47. The highest BCUT2D eigenvalue weighted by atomic mass is 16.3. The van der Waals surface area contributed by atoms with Crippen molar-refractivity contribution in [2.45, 2.75) is 53.1 Å². The SMILES string of the molecule is CCCNC(Cc1ncnn1CC(C)C)c1coc(C)c1. The Bertz CT molecular complexity index is 544. The number of aryl methyl sites for hydroxylation is 1. The van der Waals surface area contributed by atoms with Crippen LogP contribution < -0.4 is 5.32 Å². The highest BCUT2D eigenvalue weighted by Crippen LogP contribution is 2.20. The molecule has 2 aromatic heterocycles. The number of hydrogen-bond donors (Lipinski definition) is 1. The molecule has 116 valence electrons. The molecule has 0 aromatic carbocycles. The van der Waals surface area contributed by atoms with Gasteiger partial charge in [0.05, 0.1) is 6.26 Å². The first-order valence-corrected chi connectivity index (χ1v) is 7.75. The van der Waals surface area contributed by atoms with Crippen molar-refractivity contribution in [3.63, 3.8) is 0 Å². The molecule has 0 bridgehead atoms. The Kier molecular flexibility index (Phi) is 5.56. The molecule has 0 saturated heterocycles. The summed E-state index contributed by atoms with van der Waals surface area (Å²) >= 11 is 0. The molecule has 2 rings (SSSR count). The first-order chi connectivity index (χ1) is 10.1. The maximum absolute atomic E-state index is 5.46. The van der Waals surface area contributed by atoms with Gasteiger partial charge in [-0.05, 0) is 31.9 Å². The van der Waals surface area contributed by atoms with E-state index in [2.05, 4.69) is 42.2 Å². The maximum Gasteiger partial charge on any atom is 0.138 e. The molecular weight excluding hydrogens is 264 g/mol. The quantitative estimate of drug-likeness (QED) is 0.811. The molecule has 0 saturated carbocycles. The largest absolute Gasteiger partial charge is 0.469 e. The lowest BCUT2D eigenvalue weighted by atomic mass is 10.1.